The third kappa shape index (κ3) is 4.00. The zero-order valence-corrected chi connectivity index (χ0v) is 17.7. The molecule has 0 aliphatic carbocycles. The van der Waals surface area contributed by atoms with Crippen molar-refractivity contribution in [1.82, 2.24) is 14.5 Å². The second kappa shape index (κ2) is 7.54. The average Bonchev–Trinajstić information content (AvgIpc) is 3.22. The van der Waals surface area contributed by atoms with Gasteiger partial charge < -0.3 is 14.2 Å². The van der Waals surface area contributed by atoms with E-state index in [0.717, 1.165) is 22.6 Å². The Hall–Kier alpha value is -2.82. The molecule has 0 radical (unpaired) electrons. The summed E-state index contributed by atoms with van der Waals surface area (Å²) in [5.41, 5.74) is 3.08. The van der Waals surface area contributed by atoms with Gasteiger partial charge in [0.25, 0.3) is 0 Å². The van der Waals surface area contributed by atoms with E-state index in [0.29, 0.717) is 26.1 Å². The summed E-state index contributed by atoms with van der Waals surface area (Å²) >= 11 is 0. The van der Waals surface area contributed by atoms with E-state index < -0.39 is 0 Å². The Morgan fingerprint density at radius 1 is 1.14 bits per heavy atom. The molecule has 152 valence electrons. The zero-order chi connectivity index (χ0) is 20.6. The standard InChI is InChI=1S/C24H29N3O2/c1-17-8-7-9-19(14-17)29-13-12-26-21-11-6-5-10-20(21)25-23(26)18-15-22(28)27(16-18)24(2,3)4/h5-11,14,18H,12-13,15-16H2,1-4H3/t18-/m0/s1. The summed E-state index contributed by atoms with van der Waals surface area (Å²) in [6, 6.07) is 16.3. The van der Waals surface area contributed by atoms with Crippen LogP contribution in [0, 0.1) is 6.92 Å². The van der Waals surface area contributed by atoms with Crippen LogP contribution in [0.25, 0.3) is 11.0 Å². The smallest absolute Gasteiger partial charge is 0.223 e. The summed E-state index contributed by atoms with van der Waals surface area (Å²) in [5, 5.41) is 0. The number of imidazole rings is 1. The van der Waals surface area contributed by atoms with Crippen molar-refractivity contribution in [2.24, 2.45) is 0 Å². The van der Waals surface area contributed by atoms with Crippen molar-refractivity contribution < 1.29 is 9.53 Å². The normalized spacial score (nSPS) is 17.3. The minimum absolute atomic E-state index is 0.105. The van der Waals surface area contributed by atoms with Crippen LogP contribution in [0.4, 0.5) is 0 Å². The molecule has 5 nitrogen and oxygen atoms in total. The van der Waals surface area contributed by atoms with Crippen LogP contribution in [0.5, 0.6) is 5.75 Å². The van der Waals surface area contributed by atoms with Crippen molar-refractivity contribution >= 4 is 16.9 Å². The number of fused-ring (bicyclic) bond motifs is 1. The molecule has 3 aromatic rings. The Kier molecular flexibility index (Phi) is 5.07. The van der Waals surface area contributed by atoms with Crippen LogP contribution in [0.15, 0.2) is 48.5 Å². The van der Waals surface area contributed by atoms with Crippen LogP contribution < -0.4 is 4.74 Å². The van der Waals surface area contributed by atoms with E-state index in [1.165, 1.54) is 5.56 Å². The van der Waals surface area contributed by atoms with Gasteiger partial charge in [-0.1, -0.05) is 24.3 Å². The minimum Gasteiger partial charge on any atom is -0.492 e. The first-order valence-corrected chi connectivity index (χ1v) is 10.3. The molecule has 1 aliphatic heterocycles. The fourth-order valence-corrected chi connectivity index (χ4v) is 4.13. The van der Waals surface area contributed by atoms with Crippen molar-refractivity contribution in [2.45, 2.75) is 52.1 Å². The number of carbonyl (C=O) groups is 1. The molecule has 29 heavy (non-hydrogen) atoms. The molecule has 0 N–H and O–H groups in total. The number of carbonyl (C=O) groups excluding carboxylic acids is 1. The predicted octanol–water partition coefficient (Wildman–Crippen LogP) is 4.54. The first-order chi connectivity index (χ1) is 13.8. The lowest BCUT2D eigenvalue weighted by molar-refractivity contribution is -0.131. The van der Waals surface area contributed by atoms with Crippen LogP contribution in [0.1, 0.15) is 44.5 Å². The van der Waals surface area contributed by atoms with Crippen molar-refractivity contribution in [3.8, 4) is 5.75 Å². The molecule has 0 bridgehead atoms. The van der Waals surface area contributed by atoms with Gasteiger partial charge in [-0.05, 0) is 57.5 Å². The van der Waals surface area contributed by atoms with Crippen LogP contribution in [0.3, 0.4) is 0 Å². The highest BCUT2D eigenvalue weighted by atomic mass is 16.5. The predicted molar refractivity (Wildman–Crippen MR) is 115 cm³/mol. The Bertz CT molecular complexity index is 1030. The van der Waals surface area contributed by atoms with E-state index in [4.69, 9.17) is 9.72 Å². The molecular formula is C24H29N3O2. The van der Waals surface area contributed by atoms with Crippen LogP contribution >= 0.6 is 0 Å². The van der Waals surface area contributed by atoms with Crippen LogP contribution in [0.2, 0.25) is 0 Å². The molecular weight excluding hydrogens is 362 g/mol. The number of para-hydroxylation sites is 2. The fraction of sp³-hybridized carbons (Fsp3) is 0.417. The summed E-state index contributed by atoms with van der Waals surface area (Å²) in [4.78, 5) is 19.5. The molecule has 2 aromatic carbocycles. The van der Waals surface area contributed by atoms with E-state index in [2.05, 4.69) is 44.4 Å². The molecule has 0 unspecified atom stereocenters. The summed E-state index contributed by atoms with van der Waals surface area (Å²) in [6.45, 7) is 10.3. The highest BCUT2D eigenvalue weighted by Gasteiger charge is 2.38. The lowest BCUT2D eigenvalue weighted by Gasteiger charge is -2.32. The maximum Gasteiger partial charge on any atom is 0.223 e. The number of hydrogen-bond donors (Lipinski definition) is 0. The molecule has 1 atom stereocenters. The summed E-state index contributed by atoms with van der Waals surface area (Å²) in [5.74, 6) is 2.18. The molecule has 1 amide bonds. The monoisotopic (exact) mass is 391 g/mol. The topological polar surface area (TPSA) is 47.4 Å². The van der Waals surface area contributed by atoms with Gasteiger partial charge >= 0.3 is 0 Å². The lowest BCUT2D eigenvalue weighted by atomic mass is 10.1. The van der Waals surface area contributed by atoms with Crippen molar-refractivity contribution in [3.63, 3.8) is 0 Å². The number of hydrogen-bond acceptors (Lipinski definition) is 3. The number of nitrogens with zero attached hydrogens (tertiary/aromatic N) is 3. The van der Waals surface area contributed by atoms with E-state index in [9.17, 15) is 4.79 Å². The van der Waals surface area contributed by atoms with E-state index in [1.54, 1.807) is 0 Å². The Labute approximate surface area is 172 Å². The van der Waals surface area contributed by atoms with Crippen molar-refractivity contribution in [3.05, 3.63) is 59.9 Å². The largest absolute Gasteiger partial charge is 0.492 e. The molecule has 4 rings (SSSR count). The van der Waals surface area contributed by atoms with Crippen molar-refractivity contribution in [1.29, 1.82) is 0 Å². The molecule has 1 aliphatic rings. The van der Waals surface area contributed by atoms with Gasteiger partial charge in [0.1, 0.15) is 18.2 Å². The first-order valence-electron chi connectivity index (χ1n) is 10.3. The van der Waals surface area contributed by atoms with Gasteiger partial charge in [-0.3, -0.25) is 4.79 Å². The summed E-state index contributed by atoms with van der Waals surface area (Å²) < 4.78 is 8.23. The second-order valence-corrected chi connectivity index (χ2v) is 8.85. The summed E-state index contributed by atoms with van der Waals surface area (Å²) in [7, 11) is 0. The van der Waals surface area contributed by atoms with Crippen molar-refractivity contribution in [2.75, 3.05) is 13.2 Å². The Balaban J connectivity index is 1.59. The second-order valence-electron chi connectivity index (χ2n) is 8.85. The number of amides is 1. The number of likely N-dealkylation sites (tertiary alicyclic amines) is 1. The van der Waals surface area contributed by atoms with E-state index in [-0.39, 0.29) is 17.4 Å². The third-order valence-corrected chi connectivity index (χ3v) is 5.56. The SMILES string of the molecule is Cc1cccc(OCCn2c([C@H]3CC(=O)N(C(C)(C)C)C3)nc3ccccc32)c1. The number of benzene rings is 2. The number of rotatable bonds is 5. The van der Waals surface area contributed by atoms with E-state index in [1.807, 2.05) is 41.3 Å². The summed E-state index contributed by atoms with van der Waals surface area (Å²) in [6.07, 6.45) is 0.513. The molecule has 2 heterocycles. The fourth-order valence-electron chi connectivity index (χ4n) is 4.13. The first kappa shape index (κ1) is 19.5. The van der Waals surface area contributed by atoms with Gasteiger partial charge in [0.15, 0.2) is 0 Å². The van der Waals surface area contributed by atoms with Crippen LogP contribution in [-0.2, 0) is 11.3 Å². The molecule has 5 heteroatoms. The molecule has 0 spiro atoms. The van der Waals surface area contributed by atoms with Gasteiger partial charge in [0, 0.05) is 24.4 Å². The van der Waals surface area contributed by atoms with Gasteiger partial charge in [-0.25, -0.2) is 4.98 Å². The highest BCUT2D eigenvalue weighted by molar-refractivity contribution is 5.81. The lowest BCUT2D eigenvalue weighted by Crippen LogP contribution is -2.42. The number of ether oxygens (including phenoxy) is 1. The Morgan fingerprint density at radius 3 is 2.66 bits per heavy atom. The highest BCUT2D eigenvalue weighted by Crippen LogP contribution is 2.33. The third-order valence-electron chi connectivity index (χ3n) is 5.56. The number of aryl methyl sites for hydroxylation is 1. The zero-order valence-electron chi connectivity index (χ0n) is 17.7. The molecule has 0 saturated carbocycles. The maximum atomic E-state index is 12.6. The number of aromatic nitrogens is 2. The quantitative estimate of drug-likeness (QED) is 0.642. The average molecular weight is 392 g/mol. The van der Waals surface area contributed by atoms with Gasteiger partial charge in [-0.15, -0.1) is 0 Å². The van der Waals surface area contributed by atoms with Gasteiger partial charge in [0.2, 0.25) is 5.91 Å². The minimum atomic E-state index is -0.170. The molecule has 1 saturated heterocycles. The van der Waals surface area contributed by atoms with Gasteiger partial charge in [-0.2, -0.15) is 0 Å². The van der Waals surface area contributed by atoms with E-state index >= 15 is 0 Å². The Morgan fingerprint density at radius 2 is 1.93 bits per heavy atom. The molecule has 1 aromatic heterocycles. The van der Waals surface area contributed by atoms with Crippen LogP contribution in [-0.4, -0.2) is 39.0 Å². The van der Waals surface area contributed by atoms with Gasteiger partial charge in [0.05, 0.1) is 17.6 Å². The maximum absolute atomic E-state index is 12.6. The molecule has 1 fully saturated rings.